The van der Waals surface area contributed by atoms with Gasteiger partial charge in [0.25, 0.3) is 5.91 Å². The Balaban J connectivity index is 2.23. The number of esters is 1. The van der Waals surface area contributed by atoms with E-state index in [1.165, 1.54) is 4.90 Å². The molecule has 6 heteroatoms. The van der Waals surface area contributed by atoms with Crippen LogP contribution in [-0.2, 0) is 9.53 Å². The summed E-state index contributed by atoms with van der Waals surface area (Å²) in [7, 11) is 0. The first-order valence-corrected chi connectivity index (χ1v) is 7.23. The Kier molecular flexibility index (Phi) is 4.89. The number of likely N-dealkylation sites (tertiary alicyclic amines) is 1. The van der Waals surface area contributed by atoms with Crippen LogP contribution in [0.5, 0.6) is 0 Å². The lowest BCUT2D eigenvalue weighted by Gasteiger charge is -2.23. The SMILES string of the molecule is CCOC(=O)C1CCCN1C(=O)c1cccc(Cl)c1Cl. The maximum absolute atomic E-state index is 12.5. The highest BCUT2D eigenvalue weighted by atomic mass is 35.5. The second kappa shape index (κ2) is 6.46. The summed E-state index contributed by atoms with van der Waals surface area (Å²) >= 11 is 12.0. The molecular formula is C14H15Cl2NO3. The molecule has 1 aliphatic heterocycles. The van der Waals surface area contributed by atoms with Crippen LogP contribution in [0.4, 0.5) is 0 Å². The zero-order chi connectivity index (χ0) is 14.7. The summed E-state index contributed by atoms with van der Waals surface area (Å²) in [5.74, 6) is -0.649. The Morgan fingerprint density at radius 1 is 1.40 bits per heavy atom. The second-order valence-electron chi connectivity index (χ2n) is 4.51. The van der Waals surface area contributed by atoms with Crippen molar-refractivity contribution in [2.24, 2.45) is 0 Å². The van der Waals surface area contributed by atoms with Crippen molar-refractivity contribution in [3.8, 4) is 0 Å². The molecular weight excluding hydrogens is 301 g/mol. The summed E-state index contributed by atoms with van der Waals surface area (Å²) < 4.78 is 5.00. The summed E-state index contributed by atoms with van der Waals surface area (Å²) in [6.07, 6.45) is 1.39. The Morgan fingerprint density at radius 2 is 2.15 bits per heavy atom. The van der Waals surface area contributed by atoms with Crippen molar-refractivity contribution in [2.45, 2.75) is 25.8 Å². The Labute approximate surface area is 127 Å². The van der Waals surface area contributed by atoms with Crippen molar-refractivity contribution in [1.82, 2.24) is 4.90 Å². The number of halogens is 2. The molecule has 1 atom stereocenters. The average Bonchev–Trinajstić information content (AvgIpc) is 2.91. The van der Waals surface area contributed by atoms with Crippen LogP contribution >= 0.6 is 23.2 Å². The second-order valence-corrected chi connectivity index (χ2v) is 5.30. The van der Waals surface area contributed by atoms with Crippen LogP contribution in [0.2, 0.25) is 10.0 Å². The van der Waals surface area contributed by atoms with E-state index in [1.807, 2.05) is 0 Å². The molecule has 0 bridgehead atoms. The quantitative estimate of drug-likeness (QED) is 0.805. The maximum Gasteiger partial charge on any atom is 0.328 e. The molecule has 1 heterocycles. The van der Waals surface area contributed by atoms with Crippen molar-refractivity contribution >= 4 is 35.1 Å². The van der Waals surface area contributed by atoms with Crippen LogP contribution in [0.3, 0.4) is 0 Å². The predicted octanol–water partition coefficient (Wildman–Crippen LogP) is 3.16. The summed E-state index contributed by atoms with van der Waals surface area (Å²) in [5, 5.41) is 0.540. The topological polar surface area (TPSA) is 46.6 Å². The van der Waals surface area contributed by atoms with Crippen LogP contribution in [-0.4, -0.2) is 36.0 Å². The van der Waals surface area contributed by atoms with Gasteiger partial charge in [-0.1, -0.05) is 29.3 Å². The molecule has 0 radical (unpaired) electrons. The van der Waals surface area contributed by atoms with Crippen molar-refractivity contribution < 1.29 is 14.3 Å². The molecule has 1 aromatic rings. The molecule has 0 aromatic heterocycles. The van der Waals surface area contributed by atoms with Gasteiger partial charge in [0.1, 0.15) is 6.04 Å². The highest BCUT2D eigenvalue weighted by molar-refractivity contribution is 6.43. The number of amides is 1. The molecule has 108 valence electrons. The van der Waals surface area contributed by atoms with E-state index in [4.69, 9.17) is 27.9 Å². The lowest BCUT2D eigenvalue weighted by molar-refractivity contribution is -0.147. The maximum atomic E-state index is 12.5. The van der Waals surface area contributed by atoms with E-state index in [1.54, 1.807) is 25.1 Å². The Morgan fingerprint density at radius 3 is 2.85 bits per heavy atom. The standard InChI is InChI=1S/C14H15Cl2NO3/c1-2-20-14(19)11-7-4-8-17(11)13(18)9-5-3-6-10(15)12(9)16/h3,5-6,11H,2,4,7-8H2,1H3. The number of carbonyl (C=O) groups is 2. The highest BCUT2D eigenvalue weighted by Crippen LogP contribution is 2.29. The van der Waals surface area contributed by atoms with Gasteiger partial charge in [0, 0.05) is 6.54 Å². The van der Waals surface area contributed by atoms with Crippen LogP contribution in [0, 0.1) is 0 Å². The Bertz CT molecular complexity index is 533. The van der Waals surface area contributed by atoms with Crippen LogP contribution in [0.25, 0.3) is 0 Å². The normalized spacial score (nSPS) is 18.1. The molecule has 2 rings (SSSR count). The van der Waals surface area contributed by atoms with E-state index in [2.05, 4.69) is 0 Å². The van der Waals surface area contributed by atoms with Crippen LogP contribution in [0.15, 0.2) is 18.2 Å². The molecule has 0 saturated carbocycles. The number of carbonyl (C=O) groups excluding carboxylic acids is 2. The van der Waals surface area contributed by atoms with Gasteiger partial charge in [0.2, 0.25) is 0 Å². The summed E-state index contributed by atoms with van der Waals surface area (Å²) in [6, 6.07) is 4.36. The number of ether oxygens (including phenoxy) is 1. The number of benzene rings is 1. The van der Waals surface area contributed by atoms with Gasteiger partial charge in [0.15, 0.2) is 0 Å². The van der Waals surface area contributed by atoms with Gasteiger partial charge in [-0.3, -0.25) is 4.79 Å². The summed E-state index contributed by atoms with van der Waals surface area (Å²) in [4.78, 5) is 25.9. The van der Waals surface area contributed by atoms with E-state index in [9.17, 15) is 9.59 Å². The first kappa shape index (κ1) is 15.1. The van der Waals surface area contributed by atoms with E-state index in [0.29, 0.717) is 30.2 Å². The summed E-state index contributed by atoms with van der Waals surface area (Å²) in [6.45, 7) is 2.56. The minimum atomic E-state index is -0.530. The molecule has 0 spiro atoms. The fourth-order valence-electron chi connectivity index (χ4n) is 2.32. The molecule has 0 aliphatic carbocycles. The van der Waals surface area contributed by atoms with Crippen molar-refractivity contribution in [3.63, 3.8) is 0 Å². The van der Waals surface area contributed by atoms with Gasteiger partial charge in [-0.05, 0) is 31.9 Å². The minimum Gasteiger partial charge on any atom is -0.464 e. The third-order valence-corrected chi connectivity index (χ3v) is 4.07. The van der Waals surface area contributed by atoms with Gasteiger partial charge in [-0.25, -0.2) is 4.79 Å². The number of nitrogens with zero attached hydrogens (tertiary/aromatic N) is 1. The van der Waals surface area contributed by atoms with Gasteiger partial charge >= 0.3 is 5.97 Å². The van der Waals surface area contributed by atoms with Crippen LogP contribution < -0.4 is 0 Å². The van der Waals surface area contributed by atoms with Gasteiger partial charge < -0.3 is 9.64 Å². The van der Waals surface area contributed by atoms with E-state index >= 15 is 0 Å². The molecule has 1 saturated heterocycles. The average molecular weight is 316 g/mol. The largest absolute Gasteiger partial charge is 0.464 e. The molecule has 0 N–H and O–H groups in total. The fraction of sp³-hybridized carbons (Fsp3) is 0.429. The molecule has 20 heavy (non-hydrogen) atoms. The molecule has 1 aliphatic rings. The van der Waals surface area contributed by atoms with Crippen molar-refractivity contribution in [1.29, 1.82) is 0 Å². The van der Waals surface area contributed by atoms with E-state index in [0.717, 1.165) is 6.42 Å². The third-order valence-electron chi connectivity index (χ3n) is 3.25. The van der Waals surface area contributed by atoms with Gasteiger partial charge in [0.05, 0.1) is 22.2 Å². The highest BCUT2D eigenvalue weighted by Gasteiger charge is 2.36. The van der Waals surface area contributed by atoms with Crippen LogP contribution in [0.1, 0.15) is 30.1 Å². The Hall–Kier alpha value is -1.26. The van der Waals surface area contributed by atoms with Crippen molar-refractivity contribution in [2.75, 3.05) is 13.2 Å². The van der Waals surface area contributed by atoms with E-state index in [-0.39, 0.29) is 16.9 Å². The van der Waals surface area contributed by atoms with Crippen molar-refractivity contribution in [3.05, 3.63) is 33.8 Å². The lowest BCUT2D eigenvalue weighted by Crippen LogP contribution is -2.41. The molecule has 1 unspecified atom stereocenters. The number of hydrogen-bond acceptors (Lipinski definition) is 3. The van der Waals surface area contributed by atoms with Gasteiger partial charge in [-0.2, -0.15) is 0 Å². The first-order chi connectivity index (χ1) is 9.56. The lowest BCUT2D eigenvalue weighted by atomic mass is 10.1. The molecule has 4 nitrogen and oxygen atoms in total. The number of hydrogen-bond donors (Lipinski definition) is 0. The number of rotatable bonds is 3. The third kappa shape index (κ3) is 2.91. The minimum absolute atomic E-state index is 0.216. The monoisotopic (exact) mass is 315 g/mol. The smallest absolute Gasteiger partial charge is 0.328 e. The molecule has 1 aromatic carbocycles. The molecule has 1 fully saturated rings. The van der Waals surface area contributed by atoms with Gasteiger partial charge in [-0.15, -0.1) is 0 Å². The summed E-state index contributed by atoms with van der Waals surface area (Å²) in [5.41, 5.74) is 0.315. The first-order valence-electron chi connectivity index (χ1n) is 6.48. The zero-order valence-electron chi connectivity index (χ0n) is 11.1. The van der Waals surface area contributed by atoms with E-state index < -0.39 is 6.04 Å². The zero-order valence-corrected chi connectivity index (χ0v) is 12.6. The molecule has 1 amide bonds. The fourth-order valence-corrected chi connectivity index (χ4v) is 2.70. The predicted molar refractivity (Wildman–Crippen MR) is 77.2 cm³/mol.